The number of hydrogen-bond acceptors (Lipinski definition) is 4. The largest absolute Gasteiger partial charge is 0.412 e. The Balaban J connectivity index is 1.52. The number of nitrogens with one attached hydrogen (secondary N) is 2. The van der Waals surface area contributed by atoms with Gasteiger partial charge in [0.05, 0.1) is 17.4 Å². The number of benzene rings is 2. The molecule has 2 atom stereocenters. The fourth-order valence-electron chi connectivity index (χ4n) is 5.61. The molecule has 0 radical (unpaired) electrons. The molecule has 166 valence electrons. The Labute approximate surface area is 187 Å². The predicted octanol–water partition coefficient (Wildman–Crippen LogP) is 4.04. The number of carbonyl (C=O) groups is 2. The van der Waals surface area contributed by atoms with Gasteiger partial charge in [0.15, 0.2) is 0 Å². The van der Waals surface area contributed by atoms with E-state index in [0.29, 0.717) is 17.9 Å². The zero-order chi connectivity index (χ0) is 22.7. The molecule has 7 heteroatoms. The molecule has 2 bridgehead atoms. The molecule has 2 aliphatic rings. The third kappa shape index (κ3) is 2.91. The summed E-state index contributed by atoms with van der Waals surface area (Å²) in [6, 6.07) is 11.6. The van der Waals surface area contributed by atoms with Crippen LogP contribution in [0.5, 0.6) is 5.75 Å². The van der Waals surface area contributed by atoms with Crippen LogP contribution in [0.4, 0.5) is 4.79 Å². The van der Waals surface area contributed by atoms with Gasteiger partial charge in [-0.05, 0) is 59.7 Å². The molecular weight excluding hydrogens is 404 g/mol. The van der Waals surface area contributed by atoms with E-state index in [2.05, 4.69) is 42.1 Å². The number of aromatic nitrogens is 2. The number of piperidine rings is 1. The van der Waals surface area contributed by atoms with Gasteiger partial charge in [0.25, 0.3) is 5.91 Å². The van der Waals surface area contributed by atoms with Gasteiger partial charge < -0.3 is 19.9 Å². The summed E-state index contributed by atoms with van der Waals surface area (Å²) in [4.78, 5) is 34.7. The summed E-state index contributed by atoms with van der Waals surface area (Å²) in [5.74, 6) is 0.565. The molecule has 1 aliphatic heterocycles. The van der Waals surface area contributed by atoms with Crippen molar-refractivity contribution in [2.75, 3.05) is 13.6 Å². The van der Waals surface area contributed by atoms with Crippen molar-refractivity contribution < 1.29 is 14.3 Å². The minimum Gasteiger partial charge on any atom is -0.410 e. The molecule has 2 heterocycles. The van der Waals surface area contributed by atoms with Gasteiger partial charge in [-0.15, -0.1) is 0 Å². The Morgan fingerprint density at radius 1 is 1.19 bits per heavy atom. The highest BCUT2D eigenvalue weighted by Gasteiger charge is 2.56. The summed E-state index contributed by atoms with van der Waals surface area (Å²) in [7, 11) is 1.54. The Kier molecular flexibility index (Phi) is 4.55. The number of likely N-dealkylation sites (tertiary alicyclic amines) is 1. The highest BCUT2D eigenvalue weighted by Crippen LogP contribution is 2.56. The number of H-pyrrole nitrogens is 1. The maximum Gasteiger partial charge on any atom is 0.412 e. The van der Waals surface area contributed by atoms with Crippen molar-refractivity contribution in [3.63, 3.8) is 0 Å². The quantitative estimate of drug-likeness (QED) is 0.640. The smallest absolute Gasteiger partial charge is 0.410 e. The van der Waals surface area contributed by atoms with E-state index in [-0.39, 0.29) is 22.8 Å². The standard InChI is InChI=1S/C25H28N4O3/c1-24(2)21-13-16-11-17(32-23(31)26-4)6-7-18(16)25(24,3)9-10-29(21)22(30)15-5-8-19-20(12-15)28-14-27-19/h5-8,11-12,14,21H,9-10,13H2,1-4H3,(H,26,31)(H,27,28). The normalized spacial score (nSPS) is 23.5. The molecule has 5 rings (SSSR count). The van der Waals surface area contributed by atoms with Crippen LogP contribution in [-0.4, -0.2) is 46.5 Å². The van der Waals surface area contributed by atoms with Crippen LogP contribution in [0, 0.1) is 5.41 Å². The molecule has 1 saturated heterocycles. The second-order valence-corrected chi connectivity index (χ2v) is 9.62. The van der Waals surface area contributed by atoms with Gasteiger partial charge in [-0.2, -0.15) is 0 Å². The molecule has 1 aliphatic carbocycles. The van der Waals surface area contributed by atoms with Gasteiger partial charge in [0.2, 0.25) is 0 Å². The topological polar surface area (TPSA) is 87.3 Å². The first-order valence-electron chi connectivity index (χ1n) is 11.0. The van der Waals surface area contributed by atoms with E-state index in [1.54, 1.807) is 13.4 Å². The number of amides is 2. The van der Waals surface area contributed by atoms with Gasteiger partial charge in [-0.3, -0.25) is 4.79 Å². The van der Waals surface area contributed by atoms with Crippen LogP contribution in [0.1, 0.15) is 48.7 Å². The van der Waals surface area contributed by atoms with Crippen LogP contribution in [0.3, 0.4) is 0 Å². The van der Waals surface area contributed by atoms with Crippen LogP contribution >= 0.6 is 0 Å². The van der Waals surface area contributed by atoms with E-state index in [9.17, 15) is 9.59 Å². The maximum absolute atomic E-state index is 13.6. The van der Waals surface area contributed by atoms with Crippen LogP contribution < -0.4 is 10.1 Å². The van der Waals surface area contributed by atoms with E-state index in [1.807, 2.05) is 35.2 Å². The third-order valence-corrected chi connectivity index (χ3v) is 7.91. The fourth-order valence-corrected chi connectivity index (χ4v) is 5.61. The zero-order valence-electron chi connectivity index (χ0n) is 18.9. The van der Waals surface area contributed by atoms with E-state index in [0.717, 1.165) is 29.4 Å². The molecule has 1 fully saturated rings. The Morgan fingerprint density at radius 2 is 2.00 bits per heavy atom. The number of imidazole rings is 1. The van der Waals surface area contributed by atoms with Gasteiger partial charge in [-0.1, -0.05) is 26.8 Å². The molecule has 3 aromatic rings. The summed E-state index contributed by atoms with van der Waals surface area (Å²) in [5, 5.41) is 2.48. The lowest BCUT2D eigenvalue weighted by Crippen LogP contribution is -2.64. The molecule has 0 spiro atoms. The highest BCUT2D eigenvalue weighted by molar-refractivity contribution is 5.97. The van der Waals surface area contributed by atoms with Crippen LogP contribution in [0.15, 0.2) is 42.7 Å². The van der Waals surface area contributed by atoms with E-state index in [1.165, 1.54) is 5.56 Å². The Bertz CT molecular complexity index is 1230. The lowest BCUT2D eigenvalue weighted by molar-refractivity contribution is -0.0262. The highest BCUT2D eigenvalue weighted by atomic mass is 16.5. The van der Waals surface area contributed by atoms with Gasteiger partial charge in [0, 0.05) is 30.6 Å². The molecular formula is C25H28N4O3. The molecule has 1 aromatic heterocycles. The summed E-state index contributed by atoms with van der Waals surface area (Å²) in [6.45, 7) is 7.55. The number of ether oxygens (including phenoxy) is 1. The minimum absolute atomic E-state index is 0.0361. The van der Waals surface area contributed by atoms with Gasteiger partial charge >= 0.3 is 6.09 Å². The number of fused-ring (bicyclic) bond motifs is 5. The molecule has 32 heavy (non-hydrogen) atoms. The van der Waals surface area contributed by atoms with Crippen molar-refractivity contribution >= 4 is 23.0 Å². The van der Waals surface area contributed by atoms with E-state index < -0.39 is 6.09 Å². The Morgan fingerprint density at radius 3 is 2.78 bits per heavy atom. The number of rotatable bonds is 2. The molecule has 2 N–H and O–H groups in total. The number of nitrogens with zero attached hydrogens (tertiary/aromatic N) is 2. The average molecular weight is 433 g/mol. The van der Waals surface area contributed by atoms with Crippen LogP contribution in [-0.2, 0) is 11.8 Å². The van der Waals surface area contributed by atoms with Gasteiger partial charge in [-0.25, -0.2) is 9.78 Å². The monoisotopic (exact) mass is 432 g/mol. The molecule has 7 nitrogen and oxygen atoms in total. The first-order chi connectivity index (χ1) is 15.2. The summed E-state index contributed by atoms with van der Waals surface area (Å²) in [5.41, 5.74) is 4.61. The SMILES string of the molecule is CNC(=O)Oc1ccc2c(c1)CC1N(C(=O)c3ccc4nc[nH]c4c3)CCC2(C)C1(C)C. The number of aromatic amines is 1. The molecule has 2 unspecified atom stereocenters. The fraction of sp³-hybridized carbons (Fsp3) is 0.400. The summed E-state index contributed by atoms with van der Waals surface area (Å²) in [6.07, 6.45) is 2.75. The maximum atomic E-state index is 13.6. The summed E-state index contributed by atoms with van der Waals surface area (Å²) < 4.78 is 5.37. The second-order valence-electron chi connectivity index (χ2n) is 9.62. The van der Waals surface area contributed by atoms with E-state index in [4.69, 9.17) is 4.74 Å². The third-order valence-electron chi connectivity index (χ3n) is 7.91. The Hall–Kier alpha value is -3.35. The lowest BCUT2D eigenvalue weighted by Gasteiger charge is -2.60. The van der Waals surface area contributed by atoms with Crippen molar-refractivity contribution in [3.8, 4) is 5.75 Å². The molecule has 2 amide bonds. The predicted molar refractivity (Wildman–Crippen MR) is 122 cm³/mol. The second kappa shape index (κ2) is 7.08. The van der Waals surface area contributed by atoms with Crippen molar-refractivity contribution in [2.24, 2.45) is 5.41 Å². The molecule has 2 aromatic carbocycles. The molecule has 0 saturated carbocycles. The summed E-state index contributed by atoms with van der Waals surface area (Å²) >= 11 is 0. The van der Waals surface area contributed by atoms with Crippen molar-refractivity contribution in [3.05, 3.63) is 59.4 Å². The number of hydrogen-bond donors (Lipinski definition) is 2. The minimum atomic E-state index is -0.488. The van der Waals surface area contributed by atoms with Crippen LogP contribution in [0.2, 0.25) is 0 Å². The van der Waals surface area contributed by atoms with Crippen molar-refractivity contribution in [2.45, 2.75) is 45.1 Å². The van der Waals surface area contributed by atoms with Crippen molar-refractivity contribution in [1.29, 1.82) is 0 Å². The van der Waals surface area contributed by atoms with Crippen molar-refractivity contribution in [1.82, 2.24) is 20.2 Å². The first kappa shape index (κ1) is 20.5. The number of carbonyl (C=O) groups excluding carboxylic acids is 2. The van der Waals surface area contributed by atoms with Crippen LogP contribution in [0.25, 0.3) is 11.0 Å². The first-order valence-corrected chi connectivity index (χ1v) is 11.0. The lowest BCUT2D eigenvalue weighted by atomic mass is 9.51. The van der Waals surface area contributed by atoms with Gasteiger partial charge in [0.1, 0.15) is 5.75 Å². The van der Waals surface area contributed by atoms with E-state index >= 15 is 0 Å². The average Bonchev–Trinajstić information content (AvgIpc) is 3.23. The zero-order valence-corrected chi connectivity index (χ0v) is 18.9.